The quantitative estimate of drug-likeness (QED) is 0.864. The van der Waals surface area contributed by atoms with Crippen LogP contribution in [0.4, 0.5) is 5.69 Å². The lowest BCUT2D eigenvalue weighted by atomic mass is 10.2. The molecule has 1 N–H and O–H groups in total. The molecule has 0 unspecified atom stereocenters. The van der Waals surface area contributed by atoms with E-state index >= 15 is 0 Å². The molecule has 0 saturated heterocycles. The van der Waals surface area contributed by atoms with Crippen LogP contribution in [0.2, 0.25) is 0 Å². The summed E-state index contributed by atoms with van der Waals surface area (Å²) in [5.74, 6) is 1.30. The van der Waals surface area contributed by atoms with E-state index in [1.165, 1.54) is 0 Å². The van der Waals surface area contributed by atoms with Gasteiger partial charge in [-0.25, -0.2) is 0 Å². The van der Waals surface area contributed by atoms with Gasteiger partial charge in [0.15, 0.2) is 11.5 Å². The molecule has 0 saturated carbocycles. The summed E-state index contributed by atoms with van der Waals surface area (Å²) in [6.07, 6.45) is 4.80. The number of nitrogens with one attached hydrogen (secondary N) is 1. The molecule has 0 atom stereocenters. The lowest BCUT2D eigenvalue weighted by Gasteiger charge is -2.11. The monoisotopic (exact) mass is 275 g/mol. The van der Waals surface area contributed by atoms with Gasteiger partial charge in [-0.15, -0.1) is 0 Å². The second kappa shape index (κ2) is 6.10. The Morgan fingerprint density at radius 1 is 1.16 bits per heavy atom. The van der Waals surface area contributed by atoms with Crippen molar-refractivity contribution >= 4 is 22.9 Å². The lowest BCUT2D eigenvalue weighted by Crippen LogP contribution is -2.12. The van der Waals surface area contributed by atoms with Gasteiger partial charge in [0.1, 0.15) is 10.7 Å². The summed E-state index contributed by atoms with van der Waals surface area (Å²) in [5.41, 5.74) is 1.42. The Hall–Kier alpha value is -2.21. The third-order valence-electron chi connectivity index (χ3n) is 2.44. The fourth-order valence-electron chi connectivity index (χ4n) is 1.53. The van der Waals surface area contributed by atoms with E-state index in [0.717, 1.165) is 5.69 Å². The third-order valence-corrected chi connectivity index (χ3v) is 2.75. The molecule has 0 fully saturated rings. The molecule has 0 aliphatic carbocycles. The highest BCUT2D eigenvalue weighted by Gasteiger charge is 2.07. The Kier molecular flexibility index (Phi) is 4.25. The van der Waals surface area contributed by atoms with Crippen LogP contribution in [0.1, 0.15) is 5.69 Å². The average molecular weight is 275 g/mol. The molecule has 1 aromatic carbocycles. The van der Waals surface area contributed by atoms with Gasteiger partial charge in [-0.3, -0.25) is 9.97 Å². The van der Waals surface area contributed by atoms with Gasteiger partial charge in [0.05, 0.1) is 20.4 Å². The summed E-state index contributed by atoms with van der Waals surface area (Å²) in [6.45, 7) is 0. The highest BCUT2D eigenvalue weighted by molar-refractivity contribution is 7.81. The van der Waals surface area contributed by atoms with Gasteiger partial charge in [-0.2, -0.15) is 0 Å². The number of rotatable bonds is 4. The molecule has 0 bridgehead atoms. The normalized spacial score (nSPS) is 9.79. The molecule has 2 rings (SSSR count). The number of nitrogens with zero attached hydrogens (tertiary/aromatic N) is 2. The summed E-state index contributed by atoms with van der Waals surface area (Å²) < 4.78 is 10.4. The lowest BCUT2D eigenvalue weighted by molar-refractivity contribution is 0.355. The zero-order valence-corrected chi connectivity index (χ0v) is 11.4. The molecule has 0 spiro atoms. The van der Waals surface area contributed by atoms with Crippen LogP contribution in [0.5, 0.6) is 11.5 Å². The van der Waals surface area contributed by atoms with Gasteiger partial charge >= 0.3 is 0 Å². The first kappa shape index (κ1) is 13.2. The molecule has 0 amide bonds. The Morgan fingerprint density at radius 3 is 2.58 bits per heavy atom. The minimum atomic E-state index is 0.500. The van der Waals surface area contributed by atoms with Crippen molar-refractivity contribution in [2.75, 3.05) is 19.5 Å². The van der Waals surface area contributed by atoms with Crippen LogP contribution in [-0.4, -0.2) is 29.2 Å². The maximum Gasteiger partial charge on any atom is 0.162 e. The van der Waals surface area contributed by atoms with Crippen molar-refractivity contribution in [3.63, 3.8) is 0 Å². The molecule has 6 heteroatoms. The van der Waals surface area contributed by atoms with Crippen molar-refractivity contribution in [3.8, 4) is 11.5 Å². The summed E-state index contributed by atoms with van der Waals surface area (Å²) in [4.78, 5) is 8.60. The highest BCUT2D eigenvalue weighted by Crippen LogP contribution is 2.29. The first-order chi connectivity index (χ1) is 9.24. The molecule has 0 aliphatic rings. The molecule has 0 aliphatic heterocycles. The first-order valence-electron chi connectivity index (χ1n) is 5.54. The van der Waals surface area contributed by atoms with Crippen LogP contribution in [0, 0.1) is 0 Å². The van der Waals surface area contributed by atoms with Crippen molar-refractivity contribution in [1.82, 2.24) is 9.97 Å². The minimum absolute atomic E-state index is 0.500. The number of methoxy groups -OCH3 is 2. The van der Waals surface area contributed by atoms with Crippen LogP contribution in [0.25, 0.3) is 0 Å². The van der Waals surface area contributed by atoms with Gasteiger partial charge < -0.3 is 14.8 Å². The number of hydrogen-bond acceptors (Lipinski definition) is 5. The molecule has 19 heavy (non-hydrogen) atoms. The highest BCUT2D eigenvalue weighted by atomic mass is 32.1. The van der Waals surface area contributed by atoms with E-state index in [-0.39, 0.29) is 0 Å². The SMILES string of the molecule is COc1ccc(NC(=S)c2cnccn2)cc1OC. The molecule has 98 valence electrons. The molecule has 2 aromatic rings. The van der Waals surface area contributed by atoms with Crippen LogP contribution in [0.15, 0.2) is 36.8 Å². The number of aromatic nitrogens is 2. The Bertz CT molecular complexity index is 575. The van der Waals surface area contributed by atoms with E-state index in [1.807, 2.05) is 12.1 Å². The molecular weight excluding hydrogens is 262 g/mol. The number of benzene rings is 1. The van der Waals surface area contributed by atoms with Crippen molar-refractivity contribution in [1.29, 1.82) is 0 Å². The van der Waals surface area contributed by atoms with E-state index in [2.05, 4.69) is 15.3 Å². The van der Waals surface area contributed by atoms with E-state index < -0.39 is 0 Å². The zero-order valence-electron chi connectivity index (χ0n) is 10.6. The standard InChI is InChI=1S/C13H13N3O2S/c1-17-11-4-3-9(7-12(11)18-2)16-13(19)10-8-14-5-6-15-10/h3-8H,1-2H3,(H,16,19). The average Bonchev–Trinajstić information content (AvgIpc) is 2.48. The van der Waals surface area contributed by atoms with Gasteiger partial charge in [-0.05, 0) is 12.1 Å². The van der Waals surface area contributed by atoms with Crippen molar-refractivity contribution in [2.45, 2.75) is 0 Å². The van der Waals surface area contributed by atoms with Crippen LogP contribution >= 0.6 is 12.2 Å². The third kappa shape index (κ3) is 3.17. The first-order valence-corrected chi connectivity index (χ1v) is 5.95. The number of anilines is 1. The van der Waals surface area contributed by atoms with E-state index in [0.29, 0.717) is 22.2 Å². The topological polar surface area (TPSA) is 56.3 Å². The van der Waals surface area contributed by atoms with Gasteiger partial charge in [0, 0.05) is 24.1 Å². The van der Waals surface area contributed by atoms with E-state index in [4.69, 9.17) is 21.7 Å². The van der Waals surface area contributed by atoms with Gasteiger partial charge in [0.2, 0.25) is 0 Å². The summed E-state index contributed by atoms with van der Waals surface area (Å²) in [7, 11) is 3.18. The Labute approximate surface area is 116 Å². The smallest absolute Gasteiger partial charge is 0.162 e. The van der Waals surface area contributed by atoms with Crippen molar-refractivity contribution in [3.05, 3.63) is 42.5 Å². The number of hydrogen-bond donors (Lipinski definition) is 1. The summed E-state index contributed by atoms with van der Waals surface area (Å²) >= 11 is 5.26. The summed E-state index contributed by atoms with van der Waals surface area (Å²) in [5, 5.41) is 3.08. The molecule has 5 nitrogen and oxygen atoms in total. The predicted octanol–water partition coefficient (Wildman–Crippen LogP) is 2.28. The molecule has 1 aromatic heterocycles. The van der Waals surface area contributed by atoms with Crippen LogP contribution in [-0.2, 0) is 0 Å². The molecular formula is C13H13N3O2S. The second-order valence-electron chi connectivity index (χ2n) is 3.61. The fraction of sp³-hybridized carbons (Fsp3) is 0.154. The summed E-state index contributed by atoms with van der Waals surface area (Å²) in [6, 6.07) is 5.46. The number of ether oxygens (including phenoxy) is 2. The van der Waals surface area contributed by atoms with Gasteiger partial charge in [-0.1, -0.05) is 12.2 Å². The zero-order chi connectivity index (χ0) is 13.7. The Balaban J connectivity index is 2.18. The fourth-order valence-corrected chi connectivity index (χ4v) is 1.75. The largest absolute Gasteiger partial charge is 0.493 e. The van der Waals surface area contributed by atoms with E-state index in [9.17, 15) is 0 Å². The second-order valence-corrected chi connectivity index (χ2v) is 4.02. The predicted molar refractivity (Wildman–Crippen MR) is 76.9 cm³/mol. The molecule has 1 heterocycles. The molecule has 0 radical (unpaired) electrons. The van der Waals surface area contributed by atoms with Crippen LogP contribution in [0.3, 0.4) is 0 Å². The van der Waals surface area contributed by atoms with Crippen LogP contribution < -0.4 is 14.8 Å². The van der Waals surface area contributed by atoms with Crippen molar-refractivity contribution in [2.24, 2.45) is 0 Å². The van der Waals surface area contributed by atoms with E-state index in [1.54, 1.807) is 38.9 Å². The van der Waals surface area contributed by atoms with Crippen molar-refractivity contribution < 1.29 is 9.47 Å². The van der Waals surface area contributed by atoms with Gasteiger partial charge in [0.25, 0.3) is 0 Å². The maximum atomic E-state index is 5.26. The minimum Gasteiger partial charge on any atom is -0.493 e. The maximum absolute atomic E-state index is 5.26. The number of thiocarbonyl (C=S) groups is 1. The Morgan fingerprint density at radius 2 is 1.95 bits per heavy atom.